The minimum atomic E-state index is 0.483. The second-order valence-corrected chi connectivity index (χ2v) is 4.23. The number of nitrogens with two attached hydrogens (primary N) is 1. The molecule has 2 N–H and O–H groups in total. The zero-order valence-electron chi connectivity index (χ0n) is 9.75. The highest BCUT2D eigenvalue weighted by Gasteiger charge is 2.20. The van der Waals surface area contributed by atoms with Crippen molar-refractivity contribution in [3.05, 3.63) is 35.5 Å². The molecule has 0 saturated carbocycles. The molecule has 0 amide bonds. The van der Waals surface area contributed by atoms with E-state index in [2.05, 4.69) is 32.6 Å². The Hall–Kier alpha value is -0.860. The molecule has 0 aromatic heterocycles. The molecule has 0 spiro atoms. The molecule has 0 unspecified atom stereocenters. The van der Waals surface area contributed by atoms with Crippen molar-refractivity contribution in [2.24, 2.45) is 11.7 Å². The molecule has 2 nitrogen and oxygen atoms in total. The summed E-state index contributed by atoms with van der Waals surface area (Å²) in [5, 5.41) is 0. The summed E-state index contributed by atoms with van der Waals surface area (Å²) >= 11 is 0. The number of hydrogen-bond donors (Lipinski definition) is 1. The van der Waals surface area contributed by atoms with E-state index in [0.29, 0.717) is 12.5 Å². The number of ether oxygens (including phenoxy) is 1. The van der Waals surface area contributed by atoms with Crippen LogP contribution in [0.5, 0.6) is 0 Å². The first kappa shape index (κ1) is 12.2. The maximum atomic E-state index is 5.65. The van der Waals surface area contributed by atoms with Gasteiger partial charge in [-0.1, -0.05) is 24.3 Å². The molecule has 84 valence electrons. The molecule has 1 aliphatic heterocycles. The smallest absolute Gasteiger partial charge is 0.0535 e. The molecule has 0 aliphatic carbocycles. The van der Waals surface area contributed by atoms with Crippen LogP contribution >= 0.6 is 0 Å². The Balaban J connectivity index is 2.81. The molecular weight excluding hydrogens is 186 g/mol. The van der Waals surface area contributed by atoms with Gasteiger partial charge < -0.3 is 10.5 Å². The Bertz CT molecular complexity index is 279. The van der Waals surface area contributed by atoms with Crippen LogP contribution in [-0.2, 0) is 4.74 Å². The summed E-state index contributed by atoms with van der Waals surface area (Å²) in [4.78, 5) is 0. The standard InChI is InChI=1S/C13H21NO/c1-10(2)4-5-13(11(3)8-14)12-6-7-15-9-12/h4-5,12H,3,6-9,14H2,1-2H3/b13-5+/t12-/m1/s1. The Labute approximate surface area is 92.5 Å². The van der Waals surface area contributed by atoms with E-state index < -0.39 is 0 Å². The van der Waals surface area contributed by atoms with Gasteiger partial charge in [0, 0.05) is 19.1 Å². The zero-order chi connectivity index (χ0) is 11.3. The van der Waals surface area contributed by atoms with Gasteiger partial charge in [0.2, 0.25) is 0 Å². The second kappa shape index (κ2) is 5.89. The van der Waals surface area contributed by atoms with Gasteiger partial charge in [0.1, 0.15) is 0 Å². The lowest BCUT2D eigenvalue weighted by molar-refractivity contribution is 0.190. The van der Waals surface area contributed by atoms with Crippen LogP contribution in [0.15, 0.2) is 35.5 Å². The Morgan fingerprint density at radius 1 is 1.47 bits per heavy atom. The summed E-state index contributed by atoms with van der Waals surface area (Å²) in [6, 6.07) is 0. The van der Waals surface area contributed by atoms with Gasteiger partial charge in [-0.25, -0.2) is 0 Å². The molecule has 0 aromatic rings. The van der Waals surface area contributed by atoms with E-state index >= 15 is 0 Å². The third-order valence-corrected chi connectivity index (χ3v) is 2.62. The van der Waals surface area contributed by atoms with Gasteiger partial charge in [-0.15, -0.1) is 0 Å². The average molecular weight is 207 g/mol. The van der Waals surface area contributed by atoms with Crippen LogP contribution in [0, 0.1) is 5.92 Å². The largest absolute Gasteiger partial charge is 0.381 e. The van der Waals surface area contributed by atoms with E-state index in [0.717, 1.165) is 25.2 Å². The van der Waals surface area contributed by atoms with Crippen LogP contribution in [0.25, 0.3) is 0 Å². The minimum Gasteiger partial charge on any atom is -0.381 e. The molecule has 0 bridgehead atoms. The predicted octanol–water partition coefficient (Wildman–Crippen LogP) is 2.43. The van der Waals surface area contributed by atoms with Crippen molar-refractivity contribution in [3.63, 3.8) is 0 Å². The number of rotatable bonds is 4. The minimum absolute atomic E-state index is 0.483. The SMILES string of the molecule is C=C(CN)/C(=C\C=C(C)C)[C@@H]1CCOC1. The Morgan fingerprint density at radius 3 is 2.67 bits per heavy atom. The van der Waals surface area contributed by atoms with Crippen molar-refractivity contribution in [1.29, 1.82) is 0 Å². The molecular formula is C13H21NO. The highest BCUT2D eigenvalue weighted by Crippen LogP contribution is 2.26. The van der Waals surface area contributed by atoms with Crippen LogP contribution in [0.4, 0.5) is 0 Å². The van der Waals surface area contributed by atoms with Crippen molar-refractivity contribution >= 4 is 0 Å². The predicted molar refractivity (Wildman–Crippen MR) is 64.6 cm³/mol. The molecule has 1 fully saturated rings. The third-order valence-electron chi connectivity index (χ3n) is 2.62. The van der Waals surface area contributed by atoms with Crippen molar-refractivity contribution < 1.29 is 4.74 Å². The first-order valence-electron chi connectivity index (χ1n) is 5.46. The summed E-state index contributed by atoms with van der Waals surface area (Å²) in [5.74, 6) is 0.483. The van der Waals surface area contributed by atoms with Gasteiger partial charge in [0.05, 0.1) is 6.61 Å². The van der Waals surface area contributed by atoms with Gasteiger partial charge in [0.25, 0.3) is 0 Å². The van der Waals surface area contributed by atoms with Gasteiger partial charge in [-0.3, -0.25) is 0 Å². The van der Waals surface area contributed by atoms with Crippen molar-refractivity contribution in [2.45, 2.75) is 20.3 Å². The summed E-state index contributed by atoms with van der Waals surface area (Å²) in [7, 11) is 0. The van der Waals surface area contributed by atoms with Gasteiger partial charge >= 0.3 is 0 Å². The third kappa shape index (κ3) is 3.65. The van der Waals surface area contributed by atoms with Crippen molar-refractivity contribution in [2.75, 3.05) is 19.8 Å². The normalized spacial score (nSPS) is 21.5. The number of allylic oxidation sites excluding steroid dienone is 3. The molecule has 0 aromatic carbocycles. The van der Waals surface area contributed by atoms with Crippen molar-refractivity contribution in [3.8, 4) is 0 Å². The lowest BCUT2D eigenvalue weighted by Crippen LogP contribution is -2.12. The van der Waals surface area contributed by atoms with Crippen LogP contribution in [0.3, 0.4) is 0 Å². The molecule has 1 rings (SSSR count). The first-order chi connectivity index (χ1) is 7.15. The molecule has 1 saturated heterocycles. The summed E-state index contributed by atoms with van der Waals surface area (Å²) < 4.78 is 5.40. The van der Waals surface area contributed by atoms with Crippen molar-refractivity contribution in [1.82, 2.24) is 0 Å². The van der Waals surface area contributed by atoms with E-state index in [9.17, 15) is 0 Å². The Morgan fingerprint density at radius 2 is 2.20 bits per heavy atom. The zero-order valence-corrected chi connectivity index (χ0v) is 9.75. The van der Waals surface area contributed by atoms with Gasteiger partial charge in [-0.05, 0) is 31.4 Å². The Kier molecular flexibility index (Phi) is 4.79. The van der Waals surface area contributed by atoms with E-state index in [1.165, 1.54) is 11.1 Å². The number of hydrogen-bond acceptors (Lipinski definition) is 2. The maximum absolute atomic E-state index is 5.65. The summed E-state index contributed by atoms with van der Waals surface area (Å²) in [6.07, 6.45) is 5.35. The maximum Gasteiger partial charge on any atom is 0.0535 e. The van der Waals surface area contributed by atoms with Crippen LogP contribution < -0.4 is 5.73 Å². The average Bonchev–Trinajstić information content (AvgIpc) is 2.70. The summed E-state index contributed by atoms with van der Waals surface area (Å²) in [6.45, 7) is 10.4. The fourth-order valence-electron chi connectivity index (χ4n) is 1.70. The van der Waals surface area contributed by atoms with E-state index in [4.69, 9.17) is 10.5 Å². The molecule has 2 heteroatoms. The first-order valence-corrected chi connectivity index (χ1v) is 5.46. The molecule has 1 heterocycles. The van der Waals surface area contributed by atoms with E-state index in [1.807, 2.05) is 0 Å². The quantitative estimate of drug-likeness (QED) is 0.719. The van der Waals surface area contributed by atoms with E-state index in [-0.39, 0.29) is 0 Å². The lowest BCUT2D eigenvalue weighted by Gasteiger charge is -2.14. The lowest BCUT2D eigenvalue weighted by atomic mass is 9.92. The topological polar surface area (TPSA) is 35.2 Å². The van der Waals surface area contributed by atoms with E-state index in [1.54, 1.807) is 0 Å². The summed E-state index contributed by atoms with van der Waals surface area (Å²) in [5.41, 5.74) is 9.22. The highest BCUT2D eigenvalue weighted by atomic mass is 16.5. The molecule has 0 radical (unpaired) electrons. The fraction of sp³-hybridized carbons (Fsp3) is 0.538. The van der Waals surface area contributed by atoms with Crippen LogP contribution in [0.2, 0.25) is 0 Å². The second-order valence-electron chi connectivity index (χ2n) is 4.23. The highest BCUT2D eigenvalue weighted by molar-refractivity contribution is 5.35. The van der Waals surface area contributed by atoms with Gasteiger partial charge in [-0.2, -0.15) is 0 Å². The molecule has 15 heavy (non-hydrogen) atoms. The van der Waals surface area contributed by atoms with Crippen LogP contribution in [0.1, 0.15) is 20.3 Å². The molecule has 1 aliphatic rings. The van der Waals surface area contributed by atoms with Crippen LogP contribution in [-0.4, -0.2) is 19.8 Å². The van der Waals surface area contributed by atoms with Gasteiger partial charge in [0.15, 0.2) is 0 Å². The fourth-order valence-corrected chi connectivity index (χ4v) is 1.70. The molecule has 1 atom stereocenters. The monoisotopic (exact) mass is 207 g/mol.